The van der Waals surface area contributed by atoms with Gasteiger partial charge in [-0.05, 0) is 14.1 Å². The van der Waals surface area contributed by atoms with Crippen LogP contribution in [-0.2, 0) is 6.42 Å². The van der Waals surface area contributed by atoms with Gasteiger partial charge in [-0.15, -0.1) is 5.10 Å². The largest absolute Gasteiger partial charge is 0.309 e. The quantitative estimate of drug-likeness (QED) is 0.625. The number of nitrogens with zero attached hydrogens (tertiary/aromatic N) is 3. The Morgan fingerprint density at radius 1 is 1.60 bits per heavy atom. The van der Waals surface area contributed by atoms with E-state index in [-0.39, 0.29) is 0 Å². The van der Waals surface area contributed by atoms with E-state index in [1.807, 2.05) is 14.1 Å². The van der Waals surface area contributed by atoms with Crippen molar-refractivity contribution in [3.05, 3.63) is 11.9 Å². The Morgan fingerprint density at radius 3 is 2.90 bits per heavy atom. The first-order valence-electron chi connectivity index (χ1n) is 3.21. The number of rotatable bonds is 3. The van der Waals surface area contributed by atoms with E-state index in [1.165, 1.54) is 0 Å². The van der Waals surface area contributed by atoms with Crippen LogP contribution in [0.25, 0.3) is 0 Å². The molecule has 0 fully saturated rings. The zero-order chi connectivity index (χ0) is 7.40. The molecular formula is C6H11N4. The first kappa shape index (κ1) is 7.21. The number of aromatic nitrogens is 3. The molecule has 0 aliphatic carbocycles. The third-order valence-corrected chi connectivity index (χ3v) is 1.23. The molecule has 0 saturated heterocycles. The Morgan fingerprint density at radius 2 is 2.40 bits per heavy atom. The molecule has 0 saturated carbocycles. The van der Waals surface area contributed by atoms with Crippen LogP contribution in [0.3, 0.4) is 0 Å². The van der Waals surface area contributed by atoms with Crippen LogP contribution in [0, 0.1) is 6.20 Å². The Labute approximate surface area is 60.2 Å². The van der Waals surface area contributed by atoms with Crippen LogP contribution in [0.4, 0.5) is 0 Å². The lowest BCUT2D eigenvalue weighted by atomic mass is 10.3. The van der Waals surface area contributed by atoms with Crippen molar-refractivity contribution in [1.29, 1.82) is 0 Å². The van der Waals surface area contributed by atoms with Gasteiger partial charge in [0.15, 0.2) is 0 Å². The SMILES string of the molecule is CN(C)CCc1[c]nn[nH]1. The molecule has 0 atom stereocenters. The van der Waals surface area contributed by atoms with E-state index in [2.05, 4.69) is 26.5 Å². The van der Waals surface area contributed by atoms with Gasteiger partial charge < -0.3 is 4.90 Å². The normalized spacial score (nSPS) is 10.7. The molecule has 1 aromatic rings. The highest BCUT2D eigenvalue weighted by molar-refractivity contribution is 4.88. The number of hydrogen-bond acceptors (Lipinski definition) is 3. The van der Waals surface area contributed by atoms with Crippen molar-refractivity contribution in [2.24, 2.45) is 0 Å². The number of aromatic amines is 1. The second kappa shape index (κ2) is 3.31. The van der Waals surface area contributed by atoms with Crippen LogP contribution < -0.4 is 0 Å². The predicted molar refractivity (Wildman–Crippen MR) is 37.5 cm³/mol. The Balaban J connectivity index is 2.28. The predicted octanol–water partition coefficient (Wildman–Crippen LogP) is -0.291. The van der Waals surface area contributed by atoms with Crippen LogP contribution in [0.1, 0.15) is 5.69 Å². The lowest BCUT2D eigenvalue weighted by Gasteiger charge is -2.06. The van der Waals surface area contributed by atoms with Crippen LogP contribution in [0.2, 0.25) is 0 Å². The molecule has 0 aliphatic rings. The molecule has 55 valence electrons. The molecule has 1 aromatic heterocycles. The van der Waals surface area contributed by atoms with Crippen molar-refractivity contribution in [1.82, 2.24) is 20.3 Å². The fourth-order valence-corrected chi connectivity index (χ4v) is 0.643. The molecule has 4 heteroatoms. The van der Waals surface area contributed by atoms with Crippen molar-refractivity contribution in [2.45, 2.75) is 6.42 Å². The van der Waals surface area contributed by atoms with Gasteiger partial charge in [0.25, 0.3) is 0 Å². The minimum atomic E-state index is 0.931. The lowest BCUT2D eigenvalue weighted by molar-refractivity contribution is 0.411. The molecule has 1 rings (SSSR count). The van der Waals surface area contributed by atoms with Gasteiger partial charge in [-0.1, -0.05) is 5.21 Å². The number of H-pyrrole nitrogens is 1. The molecule has 0 aromatic carbocycles. The third-order valence-electron chi connectivity index (χ3n) is 1.23. The first-order chi connectivity index (χ1) is 4.79. The Kier molecular flexibility index (Phi) is 2.39. The van der Waals surface area contributed by atoms with Crippen molar-refractivity contribution in [3.63, 3.8) is 0 Å². The molecule has 1 N–H and O–H groups in total. The van der Waals surface area contributed by atoms with Gasteiger partial charge in [0.1, 0.15) is 6.20 Å². The van der Waals surface area contributed by atoms with Gasteiger partial charge in [-0.2, -0.15) is 0 Å². The number of hydrogen-bond donors (Lipinski definition) is 1. The maximum Gasteiger partial charge on any atom is 0.138 e. The van der Waals surface area contributed by atoms with Crippen LogP contribution >= 0.6 is 0 Å². The zero-order valence-corrected chi connectivity index (χ0v) is 6.26. The van der Waals surface area contributed by atoms with Crippen molar-refractivity contribution < 1.29 is 0 Å². The summed E-state index contributed by atoms with van der Waals surface area (Å²) < 4.78 is 0. The molecule has 1 radical (unpaired) electrons. The summed E-state index contributed by atoms with van der Waals surface area (Å²) in [5.41, 5.74) is 0.966. The summed E-state index contributed by atoms with van der Waals surface area (Å²) in [5.74, 6) is 0. The van der Waals surface area contributed by atoms with Gasteiger partial charge in [0.2, 0.25) is 0 Å². The van der Waals surface area contributed by atoms with Gasteiger partial charge in [-0.3, -0.25) is 5.10 Å². The molecule has 0 aliphatic heterocycles. The second-order valence-electron chi connectivity index (χ2n) is 2.46. The minimum absolute atomic E-state index is 0.931. The molecule has 4 nitrogen and oxygen atoms in total. The molecule has 1 heterocycles. The fraction of sp³-hybridized carbons (Fsp3) is 0.667. The smallest absolute Gasteiger partial charge is 0.138 e. The fourth-order valence-electron chi connectivity index (χ4n) is 0.643. The van der Waals surface area contributed by atoms with Gasteiger partial charge >= 0.3 is 0 Å². The topological polar surface area (TPSA) is 44.8 Å². The summed E-state index contributed by atoms with van der Waals surface area (Å²) in [6.07, 6.45) is 3.68. The number of likely N-dealkylation sites (N-methyl/N-ethyl adjacent to an activating group) is 1. The molecule has 0 amide bonds. The maximum atomic E-state index is 3.55. The standard InChI is InChI=1S/C6H11N4/c1-10(2)4-3-6-5-7-9-8-6/h3-4H2,1-2H3,(H,7,8,9). The van der Waals surface area contributed by atoms with Gasteiger partial charge in [0, 0.05) is 13.0 Å². The van der Waals surface area contributed by atoms with E-state index in [0.717, 1.165) is 18.7 Å². The van der Waals surface area contributed by atoms with Crippen LogP contribution in [0.5, 0.6) is 0 Å². The van der Waals surface area contributed by atoms with E-state index in [4.69, 9.17) is 0 Å². The summed E-state index contributed by atoms with van der Waals surface area (Å²) in [7, 11) is 4.06. The van der Waals surface area contributed by atoms with Crippen LogP contribution in [-0.4, -0.2) is 41.0 Å². The van der Waals surface area contributed by atoms with E-state index in [0.29, 0.717) is 0 Å². The first-order valence-corrected chi connectivity index (χ1v) is 3.21. The molecule has 0 bridgehead atoms. The van der Waals surface area contributed by atoms with Crippen LogP contribution in [0.15, 0.2) is 0 Å². The third kappa shape index (κ3) is 2.14. The zero-order valence-electron chi connectivity index (χ0n) is 6.26. The molecule has 10 heavy (non-hydrogen) atoms. The molecular weight excluding hydrogens is 128 g/mol. The summed E-state index contributed by atoms with van der Waals surface area (Å²) in [6.45, 7) is 1.00. The van der Waals surface area contributed by atoms with Crippen molar-refractivity contribution in [3.8, 4) is 0 Å². The Bertz CT molecular complexity index is 168. The maximum absolute atomic E-state index is 3.55. The summed E-state index contributed by atoms with van der Waals surface area (Å²) in [4.78, 5) is 2.11. The molecule has 0 unspecified atom stereocenters. The second-order valence-corrected chi connectivity index (χ2v) is 2.46. The summed E-state index contributed by atoms with van der Waals surface area (Å²) in [5, 5.41) is 9.85. The highest BCUT2D eigenvalue weighted by atomic mass is 15.3. The average molecular weight is 139 g/mol. The van der Waals surface area contributed by atoms with Gasteiger partial charge in [0.05, 0.1) is 5.69 Å². The molecule has 0 spiro atoms. The van der Waals surface area contributed by atoms with Crippen molar-refractivity contribution in [2.75, 3.05) is 20.6 Å². The average Bonchev–Trinajstić information content (AvgIpc) is 2.34. The van der Waals surface area contributed by atoms with E-state index < -0.39 is 0 Å². The number of nitrogens with one attached hydrogen (secondary N) is 1. The van der Waals surface area contributed by atoms with Crippen molar-refractivity contribution >= 4 is 0 Å². The monoisotopic (exact) mass is 139 g/mol. The highest BCUT2D eigenvalue weighted by Crippen LogP contribution is 1.89. The Hall–Kier alpha value is -0.900. The van der Waals surface area contributed by atoms with E-state index in [1.54, 1.807) is 0 Å². The highest BCUT2D eigenvalue weighted by Gasteiger charge is 1.95. The lowest BCUT2D eigenvalue weighted by Crippen LogP contribution is -2.15. The van der Waals surface area contributed by atoms with E-state index >= 15 is 0 Å². The summed E-state index contributed by atoms with van der Waals surface area (Å²) >= 11 is 0. The van der Waals surface area contributed by atoms with E-state index in [9.17, 15) is 0 Å². The minimum Gasteiger partial charge on any atom is -0.309 e. The van der Waals surface area contributed by atoms with Gasteiger partial charge in [-0.25, -0.2) is 0 Å². The summed E-state index contributed by atoms with van der Waals surface area (Å²) in [6, 6.07) is 0.